The van der Waals surface area contributed by atoms with Crippen molar-refractivity contribution < 1.29 is 23.4 Å². The molecule has 0 spiro atoms. The van der Waals surface area contributed by atoms with Crippen molar-refractivity contribution in [3.8, 4) is 0 Å². The average molecular weight is 436 g/mol. The number of fused-ring (bicyclic) bond motifs is 1. The van der Waals surface area contributed by atoms with Crippen LogP contribution in [0, 0.1) is 17.2 Å². The Labute approximate surface area is 181 Å². The van der Waals surface area contributed by atoms with Crippen molar-refractivity contribution in [2.45, 2.75) is 57.0 Å². The van der Waals surface area contributed by atoms with Gasteiger partial charge in [0.2, 0.25) is 5.91 Å². The van der Waals surface area contributed by atoms with Crippen molar-refractivity contribution in [2.75, 3.05) is 32.0 Å². The molecule has 8 heteroatoms. The predicted octanol–water partition coefficient (Wildman–Crippen LogP) is 3.09. The number of amides is 1. The lowest BCUT2D eigenvalue weighted by molar-refractivity contribution is -0.164. The number of nitrogens with one attached hydrogen (secondary N) is 1. The van der Waals surface area contributed by atoms with Crippen molar-refractivity contribution in [3.63, 3.8) is 0 Å². The van der Waals surface area contributed by atoms with Gasteiger partial charge in [0.1, 0.15) is 6.10 Å². The number of likely N-dealkylation sites (tertiary alicyclic amines) is 1. The van der Waals surface area contributed by atoms with Crippen molar-refractivity contribution in [1.29, 1.82) is 5.41 Å². The maximum atomic E-state index is 15.4. The maximum Gasteiger partial charge on any atom is 0.280 e. The monoisotopic (exact) mass is 435 g/mol. The number of aliphatic hydroxyl groups excluding tert-OH is 1. The molecule has 4 rings (SSSR count). The lowest BCUT2D eigenvalue weighted by Crippen LogP contribution is -2.46. The molecule has 1 aliphatic carbocycles. The summed E-state index contributed by atoms with van der Waals surface area (Å²) in [6.07, 6.45) is 2.88. The molecule has 0 radical (unpaired) electrons. The number of rotatable bonds is 6. The third kappa shape index (κ3) is 4.20. The van der Waals surface area contributed by atoms with Crippen molar-refractivity contribution in [1.82, 2.24) is 4.90 Å². The Morgan fingerprint density at radius 1 is 1.29 bits per heavy atom. The number of nitrogen functional groups attached to an aromatic ring is 1. The van der Waals surface area contributed by atoms with Gasteiger partial charge in [-0.15, -0.1) is 0 Å². The zero-order chi connectivity index (χ0) is 22.2. The number of hydrogen-bond acceptors (Lipinski definition) is 5. The highest BCUT2D eigenvalue weighted by atomic mass is 19.3. The third-order valence-corrected chi connectivity index (χ3v) is 7.28. The molecule has 170 valence electrons. The van der Waals surface area contributed by atoms with E-state index in [0.29, 0.717) is 43.1 Å². The number of benzene rings is 1. The average Bonchev–Trinajstić information content (AvgIpc) is 2.76. The largest absolute Gasteiger partial charge is 0.398 e. The van der Waals surface area contributed by atoms with E-state index in [1.54, 1.807) is 11.0 Å². The number of aliphatic hydroxyl groups is 1. The summed E-state index contributed by atoms with van der Waals surface area (Å²) in [5, 5.41) is 18.2. The van der Waals surface area contributed by atoms with Crippen LogP contribution in [-0.4, -0.2) is 54.4 Å². The Morgan fingerprint density at radius 3 is 2.55 bits per heavy atom. The molecule has 2 saturated heterocycles. The van der Waals surface area contributed by atoms with Gasteiger partial charge in [0.25, 0.3) is 5.92 Å². The predicted molar refractivity (Wildman–Crippen MR) is 114 cm³/mol. The number of halogens is 2. The summed E-state index contributed by atoms with van der Waals surface area (Å²) in [5.41, 5.74) is 8.18. The molecule has 1 unspecified atom stereocenters. The zero-order valence-electron chi connectivity index (χ0n) is 17.7. The molecule has 4 N–H and O–H groups in total. The van der Waals surface area contributed by atoms with Gasteiger partial charge < -0.3 is 25.9 Å². The molecule has 2 fully saturated rings. The first-order valence-electron chi connectivity index (χ1n) is 11.2. The lowest BCUT2D eigenvalue weighted by Gasteiger charge is -2.39. The van der Waals surface area contributed by atoms with Gasteiger partial charge in [0.15, 0.2) is 0 Å². The minimum Gasteiger partial charge on any atom is -0.398 e. The van der Waals surface area contributed by atoms with Crippen molar-refractivity contribution >= 4 is 17.8 Å². The van der Waals surface area contributed by atoms with Gasteiger partial charge in [-0.25, -0.2) is 8.78 Å². The van der Waals surface area contributed by atoms with Crippen molar-refractivity contribution in [3.05, 3.63) is 28.3 Å². The van der Waals surface area contributed by atoms with E-state index in [0.717, 1.165) is 31.0 Å². The van der Waals surface area contributed by atoms with Crippen LogP contribution in [-0.2, 0) is 22.4 Å². The standard InChI is InChI=1S/C23H31F2N3O3/c24-23(25,22(30)20-18-2-1-15(18)12-16(13-26)21(20)27)17-3-7-28(8-4-17)19(29)11-14-5-9-31-10-6-14/h12-14,17,22,26,30H,1-11,27H2. The molecule has 1 aromatic carbocycles. The molecule has 0 saturated carbocycles. The molecule has 1 aromatic rings. The second kappa shape index (κ2) is 8.82. The fourth-order valence-corrected chi connectivity index (χ4v) is 5.13. The Morgan fingerprint density at radius 2 is 1.97 bits per heavy atom. The summed E-state index contributed by atoms with van der Waals surface area (Å²) >= 11 is 0. The summed E-state index contributed by atoms with van der Waals surface area (Å²) < 4.78 is 36.0. The second-order valence-electron chi connectivity index (χ2n) is 9.07. The quantitative estimate of drug-likeness (QED) is 0.472. The van der Waals surface area contributed by atoms with Gasteiger partial charge in [-0.3, -0.25) is 4.79 Å². The van der Waals surface area contributed by atoms with Gasteiger partial charge in [0, 0.05) is 61.7 Å². The molecule has 0 aromatic heterocycles. The minimum atomic E-state index is -3.35. The van der Waals surface area contributed by atoms with Gasteiger partial charge in [-0.05, 0) is 61.6 Å². The smallest absolute Gasteiger partial charge is 0.280 e. The number of hydrogen-bond donors (Lipinski definition) is 3. The third-order valence-electron chi connectivity index (χ3n) is 7.28. The van der Waals surface area contributed by atoms with Crippen LogP contribution in [0.2, 0.25) is 0 Å². The van der Waals surface area contributed by atoms with E-state index in [1.165, 1.54) is 0 Å². The molecule has 1 amide bonds. The van der Waals surface area contributed by atoms with E-state index < -0.39 is 17.9 Å². The van der Waals surface area contributed by atoms with Crippen LogP contribution in [0.25, 0.3) is 0 Å². The van der Waals surface area contributed by atoms with Crippen molar-refractivity contribution in [2.24, 2.45) is 11.8 Å². The second-order valence-corrected chi connectivity index (χ2v) is 9.07. The Hall–Kier alpha value is -2.06. The fourth-order valence-electron chi connectivity index (χ4n) is 5.13. The van der Waals surface area contributed by atoms with Crippen LogP contribution in [0.15, 0.2) is 6.07 Å². The number of carbonyl (C=O) groups excluding carboxylic acids is 1. The number of carbonyl (C=O) groups is 1. The molecular formula is C23H31F2N3O3. The van der Waals surface area contributed by atoms with Gasteiger partial charge in [0.05, 0.1) is 0 Å². The number of anilines is 1. The zero-order valence-corrected chi connectivity index (χ0v) is 17.7. The number of alkyl halides is 2. The molecule has 2 aliphatic heterocycles. The number of ether oxygens (including phenoxy) is 1. The fraction of sp³-hybridized carbons (Fsp3) is 0.652. The topological polar surface area (TPSA) is 99.6 Å². The SMILES string of the molecule is N=Cc1cc2c(c(C(O)C(F)(F)C3CCN(C(=O)CC4CCOCC4)CC3)c1N)CC2. The molecular weight excluding hydrogens is 404 g/mol. The minimum absolute atomic E-state index is 0.0264. The van der Waals surface area contributed by atoms with Gasteiger partial charge >= 0.3 is 0 Å². The highest BCUT2D eigenvalue weighted by molar-refractivity contribution is 5.88. The molecule has 1 atom stereocenters. The van der Waals surface area contributed by atoms with E-state index in [1.807, 2.05) is 0 Å². The number of nitrogens with two attached hydrogens (primary N) is 1. The van der Waals surface area contributed by atoms with E-state index in [9.17, 15) is 9.90 Å². The van der Waals surface area contributed by atoms with Crippen LogP contribution in [0.1, 0.15) is 60.5 Å². The number of piperidine rings is 1. The Bertz CT molecular complexity index is 847. The first-order chi connectivity index (χ1) is 14.8. The van der Waals surface area contributed by atoms with Crippen LogP contribution in [0.5, 0.6) is 0 Å². The molecule has 6 nitrogen and oxygen atoms in total. The highest BCUT2D eigenvalue weighted by Gasteiger charge is 2.50. The van der Waals surface area contributed by atoms with Crippen LogP contribution < -0.4 is 5.73 Å². The first-order valence-corrected chi connectivity index (χ1v) is 11.2. The number of nitrogens with zero attached hydrogens (tertiary/aromatic N) is 1. The summed E-state index contributed by atoms with van der Waals surface area (Å²) in [6, 6.07) is 1.75. The van der Waals surface area contributed by atoms with E-state index in [2.05, 4.69) is 0 Å². The lowest BCUT2D eigenvalue weighted by atomic mass is 9.77. The summed E-state index contributed by atoms with van der Waals surface area (Å²) in [6.45, 7) is 1.92. The van der Waals surface area contributed by atoms with E-state index >= 15 is 8.78 Å². The van der Waals surface area contributed by atoms with Crippen LogP contribution in [0.3, 0.4) is 0 Å². The summed E-state index contributed by atoms with van der Waals surface area (Å²) in [7, 11) is 0. The maximum absolute atomic E-state index is 15.4. The van der Waals surface area contributed by atoms with E-state index in [4.69, 9.17) is 15.9 Å². The first kappa shape index (κ1) is 22.1. The van der Waals surface area contributed by atoms with Crippen LogP contribution >= 0.6 is 0 Å². The summed E-state index contributed by atoms with van der Waals surface area (Å²) in [5.74, 6) is -4.04. The van der Waals surface area contributed by atoms with Gasteiger partial charge in [-0.1, -0.05) is 0 Å². The van der Waals surface area contributed by atoms with E-state index in [-0.39, 0.29) is 43.1 Å². The normalized spacial score (nSPS) is 21.3. The van der Waals surface area contributed by atoms with Gasteiger partial charge in [-0.2, -0.15) is 0 Å². The highest BCUT2D eigenvalue weighted by Crippen LogP contribution is 2.47. The molecule has 3 aliphatic rings. The Kier molecular flexibility index (Phi) is 6.30. The molecule has 31 heavy (non-hydrogen) atoms. The number of aryl methyl sites for hydroxylation is 1. The van der Waals surface area contributed by atoms with Crippen LogP contribution in [0.4, 0.5) is 14.5 Å². The Balaban J connectivity index is 1.42. The molecule has 2 heterocycles. The summed E-state index contributed by atoms with van der Waals surface area (Å²) in [4.78, 5) is 14.3. The molecule has 0 bridgehead atoms.